The number of thiophene rings is 2. The summed E-state index contributed by atoms with van der Waals surface area (Å²) in [4.78, 5) is 7.06. The highest BCUT2D eigenvalue weighted by Crippen LogP contribution is 2.87. The monoisotopic (exact) mass is 1320 g/mol. The van der Waals surface area contributed by atoms with Gasteiger partial charge in [-0.05, 0) is 393 Å². The second kappa shape index (κ2) is 13.0. The van der Waals surface area contributed by atoms with Crippen LogP contribution in [0.3, 0.4) is 0 Å². The van der Waals surface area contributed by atoms with Crippen LogP contribution >= 0.6 is 22.7 Å². The highest BCUT2D eigenvalue weighted by Gasteiger charge is 2.76. The molecule has 462 valence electrons. The Morgan fingerprint density at radius 2 is 0.657 bits per heavy atom. The van der Waals surface area contributed by atoms with Crippen LogP contribution < -0.4 is 9.47 Å². The average molecular weight is 1320 g/mol. The molecule has 0 saturated carbocycles. The van der Waals surface area contributed by atoms with Gasteiger partial charge in [0.25, 0.3) is 0 Å². The molecule has 30 aromatic carbocycles. The number of nitrogens with zero attached hydrogens (tertiary/aromatic N) is 1. The molecule has 1 aliphatic heterocycles. The second-order valence-electron chi connectivity index (χ2n) is 34.6. The second-order valence-corrected chi connectivity index (χ2v) is 36.7. The predicted molar refractivity (Wildman–Crippen MR) is 439 cm³/mol. The van der Waals surface area contributed by atoms with Crippen LogP contribution in [0.25, 0.3) is 326 Å². The van der Waals surface area contributed by atoms with Gasteiger partial charge in [0.15, 0.2) is 0 Å². The molecule has 37 rings (SSSR count). The third-order valence-electron chi connectivity index (χ3n) is 31.9. The Morgan fingerprint density at radius 1 is 0.343 bits per heavy atom. The molecule has 1 unspecified atom stereocenters. The number of hydrogen-bond acceptors (Lipinski definition) is 5. The molecule has 0 bridgehead atoms. The zero-order valence-electron chi connectivity index (χ0n) is 55.4. The van der Waals surface area contributed by atoms with Crippen molar-refractivity contribution < 1.29 is 9.47 Å². The molecule has 2 spiro atoms. The van der Waals surface area contributed by atoms with Gasteiger partial charge in [-0.15, -0.1) is 22.7 Å². The minimum Gasteiger partial charge on any atom is -0.492 e. The summed E-state index contributed by atoms with van der Waals surface area (Å²) in [5, 5.41) is 94.1. The summed E-state index contributed by atoms with van der Waals surface area (Å²) < 4.78 is 14.1. The van der Waals surface area contributed by atoms with Crippen molar-refractivity contribution >= 4 is 349 Å². The molecule has 3 nitrogen and oxygen atoms in total. The van der Waals surface area contributed by atoms with E-state index in [0.29, 0.717) is 13.2 Å². The van der Waals surface area contributed by atoms with Crippen molar-refractivity contribution in [3.05, 3.63) is 102 Å². The van der Waals surface area contributed by atoms with Gasteiger partial charge in [0.2, 0.25) is 0 Å². The minimum absolute atomic E-state index is 0.0894. The van der Waals surface area contributed by atoms with E-state index in [1.807, 2.05) is 0 Å². The molecular formula is C97H45NO2S2. The maximum absolute atomic E-state index is 7.15. The smallest absolute Gasteiger partial charge is 0.134 e. The molecule has 0 N–H and O–H groups in total. The lowest BCUT2D eigenvalue weighted by Crippen LogP contribution is -2.51. The molecule has 2 aromatic heterocycles. The van der Waals surface area contributed by atoms with E-state index in [1.54, 1.807) is 324 Å². The number of fused-ring (bicyclic) bond motifs is 1. The largest absolute Gasteiger partial charge is 0.492 e. The number of hydrogen-bond donors (Lipinski definition) is 0. The standard InChI is InChI=1S/C97H45NO2S2/c1-4-6-8-10-24-99-93-28(14-18-30-13-12-26-101-30)16-21-33-32(93)22-17-29(94(33)100-25-11-9-7-5-2)15-19-31-20-23-34(102-31)95-97-91-85-79-69-57-49-41-37-35-36-39-43(41)51(57)61-55-47(39)48-40(36)44-42-38(35)46-45(37)53-59(49)67-73-63(53)64-54(46)60-50(42)58-52(44)62-56(48)66-65(55)77(71(61)79)87(91)88-78(66)72(62)80-70(58)76-68(60)74(64)82-81(73)89(83(85)75(67)69)96(97,27-98(95)3)90(82)84(76)86(80)92(88)97/h12-23,26,95H,4-11,24-25,27H2,1-3H3/b18-14+,19-15+. The SMILES string of the molecule is CCCCCCOc1c(/C=C/c2cccs2)ccc2c(OCCCCCC)c(/C=C/c3ccc(C4N(C)CC56c7c8c9c%10c%11c%12c(c%13c%14c5c5c7c7c%15c8c8c9c9c%11c%11c%16c%12c%12c%13c%13c%14c%14c5c5c7c7c%15c%15c8c8c9c%11c9c%11c%16c%12c%12c%13c%13c%14c5c5c7c7c%15c8c9c8c%11c%12c%13c5c78)C%1046)s3)ccc12. The molecule has 0 amide bonds. The molecule has 1 atom stereocenters. The first-order chi connectivity index (χ1) is 50.6. The van der Waals surface area contributed by atoms with E-state index in [2.05, 4.69) is 115 Å². The number of ether oxygens (including phenoxy) is 2. The Morgan fingerprint density at radius 3 is 0.971 bits per heavy atom. The van der Waals surface area contributed by atoms with Crippen molar-refractivity contribution in [2.75, 3.05) is 26.8 Å². The fourth-order valence-corrected chi connectivity index (χ4v) is 32.0. The third-order valence-corrected chi connectivity index (χ3v) is 33.8. The van der Waals surface area contributed by atoms with Crippen molar-refractivity contribution in [1.82, 2.24) is 4.90 Å². The van der Waals surface area contributed by atoms with E-state index in [1.165, 1.54) is 53.2 Å². The first-order valence-corrected chi connectivity index (χ1v) is 40.2. The maximum atomic E-state index is 7.15. The Labute approximate surface area is 581 Å². The Balaban J connectivity index is 0.691. The Kier molecular flexibility index (Phi) is 5.98. The Hall–Kier alpha value is -10.4. The molecule has 3 heterocycles. The summed E-state index contributed by atoms with van der Waals surface area (Å²) in [5.41, 5.74) is 8.55. The number of unbranched alkanes of at least 4 members (excludes halogenated alkanes) is 6. The first-order valence-electron chi connectivity index (χ1n) is 38.5. The summed E-state index contributed by atoms with van der Waals surface area (Å²) >= 11 is 3.86. The molecule has 0 radical (unpaired) electrons. The molecule has 1 fully saturated rings. The Bertz CT molecular complexity index is 8930. The van der Waals surface area contributed by atoms with Gasteiger partial charge < -0.3 is 9.47 Å². The molecule has 4 aliphatic carbocycles. The molecular weight excluding hydrogens is 1280 g/mol. The van der Waals surface area contributed by atoms with E-state index in [0.717, 1.165) is 52.8 Å². The van der Waals surface area contributed by atoms with Gasteiger partial charge in [0.1, 0.15) is 11.5 Å². The topological polar surface area (TPSA) is 21.7 Å². The summed E-state index contributed by atoms with van der Waals surface area (Å²) in [6.45, 7) is 6.98. The van der Waals surface area contributed by atoms with Crippen LogP contribution in [0, 0.1) is 0 Å². The van der Waals surface area contributed by atoms with Gasteiger partial charge in [-0.3, -0.25) is 4.90 Å². The fourth-order valence-electron chi connectivity index (χ4n) is 30.2. The van der Waals surface area contributed by atoms with Crippen molar-refractivity contribution in [3.8, 4) is 11.5 Å². The van der Waals surface area contributed by atoms with Crippen LogP contribution in [-0.4, -0.2) is 31.7 Å². The molecule has 1 saturated heterocycles. The highest BCUT2D eigenvalue weighted by atomic mass is 32.1. The van der Waals surface area contributed by atoms with Gasteiger partial charge in [0.05, 0.1) is 30.1 Å². The summed E-state index contributed by atoms with van der Waals surface area (Å²) in [6, 6.07) is 18.8. The quantitative estimate of drug-likeness (QED) is 0.0670. The normalized spacial score (nSPS) is 20.3. The zero-order chi connectivity index (χ0) is 63.6. The minimum atomic E-state index is -0.399. The van der Waals surface area contributed by atoms with E-state index in [-0.39, 0.29) is 11.5 Å². The van der Waals surface area contributed by atoms with E-state index in [4.69, 9.17) is 9.47 Å². The first kappa shape index (κ1) is 46.9. The van der Waals surface area contributed by atoms with Gasteiger partial charge in [-0.2, -0.15) is 0 Å². The molecule has 32 aromatic rings. The van der Waals surface area contributed by atoms with E-state index < -0.39 is 5.41 Å². The van der Waals surface area contributed by atoms with Crippen LogP contribution in [0.4, 0.5) is 0 Å². The van der Waals surface area contributed by atoms with Crippen LogP contribution in [0.1, 0.15) is 119 Å². The summed E-state index contributed by atoms with van der Waals surface area (Å²) in [7, 11) is 2.61. The van der Waals surface area contributed by atoms with Crippen molar-refractivity contribution in [1.29, 1.82) is 0 Å². The van der Waals surface area contributed by atoms with Crippen LogP contribution in [-0.2, 0) is 10.8 Å². The lowest BCUT2D eigenvalue weighted by Gasteiger charge is -2.52. The number of likely N-dealkylation sites (N-methyl/N-ethyl adjacent to an activating group) is 1. The van der Waals surface area contributed by atoms with Crippen molar-refractivity contribution in [2.45, 2.75) is 82.1 Å². The van der Waals surface area contributed by atoms with Crippen molar-refractivity contribution in [3.63, 3.8) is 0 Å². The summed E-state index contributed by atoms with van der Waals surface area (Å²) in [5.74, 6) is 1.93. The predicted octanol–water partition coefficient (Wildman–Crippen LogP) is 27.5. The van der Waals surface area contributed by atoms with Crippen LogP contribution in [0.5, 0.6) is 11.5 Å². The number of likely N-dealkylation sites (tertiary alicyclic amines) is 1. The lowest BCUT2D eigenvalue weighted by molar-refractivity contribution is 0.276. The zero-order valence-corrected chi connectivity index (χ0v) is 57.1. The van der Waals surface area contributed by atoms with Crippen LogP contribution in [0.15, 0.2) is 53.9 Å². The molecule has 5 heteroatoms. The third kappa shape index (κ3) is 3.45. The number of benzene rings is 20. The molecule has 5 aliphatic rings. The fraction of sp³-hybridized carbons (Fsp3) is 0.175. The lowest BCUT2D eigenvalue weighted by atomic mass is 9.48. The van der Waals surface area contributed by atoms with Gasteiger partial charge in [0, 0.05) is 43.1 Å². The summed E-state index contributed by atoms with van der Waals surface area (Å²) in [6.07, 6.45) is 18.6. The van der Waals surface area contributed by atoms with Crippen molar-refractivity contribution in [2.24, 2.45) is 0 Å². The average Bonchev–Trinajstić information content (AvgIpc) is 1.38. The van der Waals surface area contributed by atoms with Gasteiger partial charge in [-0.25, -0.2) is 0 Å². The van der Waals surface area contributed by atoms with Gasteiger partial charge >= 0.3 is 0 Å². The van der Waals surface area contributed by atoms with E-state index in [9.17, 15) is 0 Å². The van der Waals surface area contributed by atoms with E-state index >= 15 is 0 Å². The molecule has 102 heavy (non-hydrogen) atoms. The number of rotatable bonds is 17. The van der Waals surface area contributed by atoms with Crippen LogP contribution in [0.2, 0.25) is 0 Å². The van der Waals surface area contributed by atoms with Gasteiger partial charge in [-0.1, -0.05) is 70.6 Å². The maximum Gasteiger partial charge on any atom is 0.134 e. The highest BCUT2D eigenvalue weighted by molar-refractivity contribution is 7.13.